The molecule has 2 fully saturated rings. The molecule has 0 aliphatic carbocycles. The molecular weight excluding hydrogens is 575 g/mol. The van der Waals surface area contributed by atoms with Crippen molar-refractivity contribution in [1.82, 2.24) is 19.9 Å². The van der Waals surface area contributed by atoms with Gasteiger partial charge in [-0.15, -0.1) is 0 Å². The van der Waals surface area contributed by atoms with Gasteiger partial charge in [-0.1, -0.05) is 18.7 Å². The molecule has 9 nitrogen and oxygen atoms in total. The molecule has 0 bridgehead atoms. The Kier molecular flexibility index (Phi) is 6.63. The van der Waals surface area contributed by atoms with Crippen molar-refractivity contribution in [3.63, 3.8) is 0 Å². The lowest BCUT2D eigenvalue weighted by molar-refractivity contribution is 0.107. The first-order chi connectivity index (χ1) is 21.1. The largest absolute Gasteiger partial charge is 0.508 e. The van der Waals surface area contributed by atoms with E-state index in [0.29, 0.717) is 23.7 Å². The van der Waals surface area contributed by atoms with Gasteiger partial charge >= 0.3 is 6.01 Å². The maximum Gasteiger partial charge on any atom is 0.319 e. The molecule has 12 heteroatoms. The Labute approximate surface area is 251 Å². The molecule has 0 unspecified atom stereocenters. The molecule has 2 aromatic heterocycles. The van der Waals surface area contributed by atoms with E-state index in [1.54, 1.807) is 18.9 Å². The van der Waals surface area contributed by atoms with Crippen LogP contribution >= 0.6 is 0 Å². The summed E-state index contributed by atoms with van der Waals surface area (Å²) in [6, 6.07) is 5.36. The van der Waals surface area contributed by atoms with Crippen molar-refractivity contribution >= 4 is 33.6 Å². The summed E-state index contributed by atoms with van der Waals surface area (Å²) < 4.78 is 58.4. The Hall–Kier alpha value is -4.16. The minimum absolute atomic E-state index is 0.00616. The average molecular weight is 608 g/mol. The first-order valence-corrected chi connectivity index (χ1v) is 14.6. The lowest BCUT2D eigenvalue weighted by atomic mass is 9.95. The molecule has 0 saturated carbocycles. The van der Waals surface area contributed by atoms with Crippen LogP contribution < -0.4 is 14.4 Å². The number of nitrogens with zero attached hydrogens (tertiary/aromatic N) is 5. The van der Waals surface area contributed by atoms with E-state index in [2.05, 4.69) is 26.4 Å². The fourth-order valence-electron chi connectivity index (χ4n) is 6.91. The van der Waals surface area contributed by atoms with Crippen molar-refractivity contribution in [1.29, 1.82) is 0 Å². The van der Waals surface area contributed by atoms with Gasteiger partial charge in [0.05, 0.1) is 17.7 Å². The van der Waals surface area contributed by atoms with Crippen LogP contribution in [-0.2, 0) is 0 Å². The van der Waals surface area contributed by atoms with E-state index < -0.39 is 28.9 Å². The quantitative estimate of drug-likeness (QED) is 0.313. The molecule has 2 aromatic carbocycles. The third-order valence-electron chi connectivity index (χ3n) is 9.48. The second kappa shape index (κ2) is 10.2. The van der Waals surface area contributed by atoms with Gasteiger partial charge in [0.15, 0.2) is 5.82 Å². The van der Waals surface area contributed by atoms with Crippen molar-refractivity contribution in [3.8, 4) is 28.9 Å². The molecule has 44 heavy (non-hydrogen) atoms. The van der Waals surface area contributed by atoms with Crippen LogP contribution in [0.2, 0.25) is 0 Å². The number of phenols is 1. The van der Waals surface area contributed by atoms with Crippen molar-refractivity contribution in [2.24, 2.45) is 0 Å². The molecule has 0 amide bonds. The predicted octanol–water partition coefficient (Wildman–Crippen LogP) is 5.01. The van der Waals surface area contributed by atoms with Gasteiger partial charge in [-0.2, -0.15) is 9.97 Å². The zero-order valence-corrected chi connectivity index (χ0v) is 24.4. The monoisotopic (exact) mass is 607 g/mol. The number of halogens is 3. The molecule has 0 spiro atoms. The number of alkyl halides is 1. The third-order valence-corrected chi connectivity index (χ3v) is 9.48. The summed E-state index contributed by atoms with van der Waals surface area (Å²) in [7, 11) is 1.70. The van der Waals surface area contributed by atoms with Crippen LogP contribution in [0, 0.1) is 11.6 Å². The summed E-state index contributed by atoms with van der Waals surface area (Å²) in [6.45, 7) is 6.41. The fraction of sp³-hybridized carbons (Fsp3) is 0.406. The Morgan fingerprint density at radius 3 is 2.80 bits per heavy atom. The maximum atomic E-state index is 16.8. The van der Waals surface area contributed by atoms with Gasteiger partial charge < -0.3 is 24.6 Å². The molecule has 3 atom stereocenters. The fourth-order valence-corrected chi connectivity index (χ4v) is 6.91. The van der Waals surface area contributed by atoms with Crippen LogP contribution in [0.3, 0.4) is 0 Å². The van der Waals surface area contributed by atoms with Gasteiger partial charge in [0, 0.05) is 36.5 Å². The van der Waals surface area contributed by atoms with Gasteiger partial charge in [0.25, 0.3) is 0 Å². The molecule has 3 aliphatic heterocycles. The summed E-state index contributed by atoms with van der Waals surface area (Å²) in [4.78, 5) is 17.4. The van der Waals surface area contributed by atoms with E-state index in [-0.39, 0.29) is 71.0 Å². The average Bonchev–Trinajstić information content (AvgIpc) is 3.51. The molecular formula is C32H32F3N5O4. The number of rotatable bonds is 6. The van der Waals surface area contributed by atoms with Gasteiger partial charge in [0.2, 0.25) is 5.88 Å². The Morgan fingerprint density at radius 2 is 2.02 bits per heavy atom. The Bertz CT molecular complexity index is 1840. The van der Waals surface area contributed by atoms with E-state index >= 15 is 4.39 Å². The zero-order chi connectivity index (χ0) is 31.0. The normalized spacial score (nSPS) is 24.9. The molecule has 230 valence electrons. The number of aromatic hydroxyl groups is 1. The summed E-state index contributed by atoms with van der Waals surface area (Å²) in [5, 5.41) is 21.8. The van der Waals surface area contributed by atoms with Crippen LogP contribution in [0.5, 0.6) is 17.6 Å². The van der Waals surface area contributed by atoms with Crippen LogP contribution in [0.4, 0.5) is 19.0 Å². The lowest BCUT2D eigenvalue weighted by Crippen LogP contribution is -2.51. The number of phenolic OH excluding ortho intramolecular Hbond substituents is 1. The van der Waals surface area contributed by atoms with Crippen molar-refractivity contribution < 1.29 is 32.9 Å². The standard InChI is InChI=1S/C32H32F3N5O4/c1-4-20-22(34)7-6-17-10-19(42)11-21(23(17)20)26-25(35)27-24-28(39(3)31(2,14-41)15-43-29(24)36-26)38-30(37-27)44-16-32-8-5-9-40(32)13-18(33)12-32/h4,6-7,10-11,18,41-42H,1,5,8-9,12-16H2,2-3H3/t18-,31+,32+/m1/s1. The summed E-state index contributed by atoms with van der Waals surface area (Å²) in [6.07, 6.45) is 2.40. The molecule has 3 aliphatic rings. The first-order valence-electron chi connectivity index (χ1n) is 14.6. The van der Waals surface area contributed by atoms with Crippen molar-refractivity contribution in [3.05, 3.63) is 48.0 Å². The SMILES string of the molecule is C=Cc1c(F)ccc2cc(O)cc(-c3nc4c5c(nc(OC[C@@]67CCCN6C[C@H](F)C7)nc5c3F)N(C)[C@@](C)(CO)CO4)c12. The number of hydrogen-bond acceptors (Lipinski definition) is 9. The smallest absolute Gasteiger partial charge is 0.319 e. The third kappa shape index (κ3) is 4.26. The van der Waals surface area contributed by atoms with E-state index in [4.69, 9.17) is 9.47 Å². The first kappa shape index (κ1) is 28.6. The van der Waals surface area contributed by atoms with E-state index in [9.17, 15) is 19.0 Å². The second-order valence-corrected chi connectivity index (χ2v) is 12.3. The second-order valence-electron chi connectivity index (χ2n) is 12.3. The van der Waals surface area contributed by atoms with Crippen molar-refractivity contribution in [2.75, 3.05) is 44.9 Å². The molecule has 5 heterocycles. The number of pyridine rings is 1. The van der Waals surface area contributed by atoms with Crippen LogP contribution in [0.15, 0.2) is 30.8 Å². The summed E-state index contributed by atoms with van der Waals surface area (Å²) >= 11 is 0. The van der Waals surface area contributed by atoms with Crippen LogP contribution in [0.25, 0.3) is 39.0 Å². The minimum atomic E-state index is -0.972. The number of aliphatic hydroxyl groups is 1. The topological polar surface area (TPSA) is 104 Å². The number of hydrogen-bond donors (Lipinski definition) is 2. The van der Waals surface area contributed by atoms with Gasteiger partial charge in [-0.3, -0.25) is 4.90 Å². The molecule has 4 aromatic rings. The van der Waals surface area contributed by atoms with Gasteiger partial charge in [-0.25, -0.2) is 18.2 Å². The number of ether oxygens (including phenoxy) is 2. The number of benzene rings is 2. The van der Waals surface area contributed by atoms with Gasteiger partial charge in [-0.05, 0) is 49.9 Å². The molecule has 0 radical (unpaired) electrons. The highest BCUT2D eigenvalue weighted by molar-refractivity contribution is 6.05. The Balaban J connectivity index is 1.45. The van der Waals surface area contributed by atoms with E-state index in [0.717, 1.165) is 19.4 Å². The zero-order valence-electron chi connectivity index (χ0n) is 24.4. The lowest BCUT2D eigenvalue weighted by Gasteiger charge is -2.36. The summed E-state index contributed by atoms with van der Waals surface area (Å²) in [5.41, 5.74) is -1.63. The van der Waals surface area contributed by atoms with Gasteiger partial charge in [0.1, 0.15) is 53.4 Å². The summed E-state index contributed by atoms with van der Waals surface area (Å²) in [5.74, 6) is -1.37. The predicted molar refractivity (Wildman–Crippen MR) is 160 cm³/mol. The highest BCUT2D eigenvalue weighted by Gasteiger charge is 2.49. The van der Waals surface area contributed by atoms with Crippen LogP contribution in [0.1, 0.15) is 31.7 Å². The van der Waals surface area contributed by atoms with E-state index in [1.165, 1.54) is 30.3 Å². The number of anilines is 1. The molecule has 2 saturated heterocycles. The maximum absolute atomic E-state index is 16.8. The number of aromatic nitrogens is 3. The minimum Gasteiger partial charge on any atom is -0.508 e. The highest BCUT2D eigenvalue weighted by Crippen LogP contribution is 2.45. The molecule has 7 rings (SSSR count). The highest BCUT2D eigenvalue weighted by atomic mass is 19.1. The number of aliphatic hydroxyl groups excluding tert-OH is 1. The van der Waals surface area contributed by atoms with E-state index in [1.807, 2.05) is 0 Å². The van der Waals surface area contributed by atoms with Crippen molar-refractivity contribution in [2.45, 2.75) is 43.4 Å². The molecule has 2 N–H and O–H groups in total. The van der Waals surface area contributed by atoms with Crippen LogP contribution in [-0.4, -0.2) is 87.3 Å². The number of likely N-dealkylation sites (N-methyl/N-ethyl adjacent to an activating group) is 1. The number of fused-ring (bicyclic) bond motifs is 2. The Morgan fingerprint density at radius 1 is 1.20 bits per heavy atom.